The van der Waals surface area contributed by atoms with Crippen molar-refractivity contribution in [3.8, 4) is 11.5 Å². The lowest BCUT2D eigenvalue weighted by Crippen LogP contribution is -2.16. The Hall–Kier alpha value is -0.970. The molecule has 0 atom stereocenters. The Kier molecular flexibility index (Phi) is 7.63. The maximum atomic E-state index is 9.94. The molecule has 0 bridgehead atoms. The van der Waals surface area contributed by atoms with Gasteiger partial charge in [0.2, 0.25) is 0 Å². The summed E-state index contributed by atoms with van der Waals surface area (Å²) in [7, 11) is 1.51. The summed E-state index contributed by atoms with van der Waals surface area (Å²) < 4.78 is 10.4. The summed E-state index contributed by atoms with van der Waals surface area (Å²) in [6, 6.07) is 3.33. The summed E-state index contributed by atoms with van der Waals surface area (Å²) in [6.07, 6.45) is 1.99. The van der Waals surface area contributed by atoms with E-state index in [1.54, 1.807) is 12.1 Å². The third kappa shape index (κ3) is 5.68. The summed E-state index contributed by atoms with van der Waals surface area (Å²) in [6.45, 7) is 5.04. The van der Waals surface area contributed by atoms with E-state index in [2.05, 4.69) is 12.2 Å². The maximum Gasteiger partial charge on any atom is 0.162 e. The highest BCUT2D eigenvalue weighted by Crippen LogP contribution is 2.33. The Morgan fingerprint density at radius 3 is 2.79 bits per heavy atom. The molecule has 0 radical (unpaired) electrons. The zero-order chi connectivity index (χ0) is 14.1. The first-order chi connectivity index (χ1) is 9.19. The van der Waals surface area contributed by atoms with Gasteiger partial charge in [-0.05, 0) is 25.5 Å². The van der Waals surface area contributed by atoms with Crippen LogP contribution in [0.1, 0.15) is 25.3 Å². The van der Waals surface area contributed by atoms with E-state index in [0.717, 1.165) is 38.2 Å². The van der Waals surface area contributed by atoms with Crippen molar-refractivity contribution < 1.29 is 14.6 Å². The van der Waals surface area contributed by atoms with Crippen LogP contribution in [0.4, 0.5) is 0 Å². The number of phenols is 1. The van der Waals surface area contributed by atoms with Gasteiger partial charge in [-0.15, -0.1) is 0 Å². The standard InChI is InChI=1S/C14H22ClNO3/c1-3-6-19-7-4-5-16-10-11-8-12(15)9-13(18-2)14(11)17/h8-9,16-17H,3-7,10H2,1-2H3. The van der Waals surface area contributed by atoms with Crippen molar-refractivity contribution in [2.24, 2.45) is 0 Å². The second kappa shape index (κ2) is 9.02. The summed E-state index contributed by atoms with van der Waals surface area (Å²) in [5.41, 5.74) is 0.735. The van der Waals surface area contributed by atoms with E-state index in [1.807, 2.05) is 0 Å². The third-order valence-corrected chi connectivity index (χ3v) is 2.86. The lowest BCUT2D eigenvalue weighted by molar-refractivity contribution is 0.132. The van der Waals surface area contributed by atoms with E-state index < -0.39 is 0 Å². The first-order valence-electron chi connectivity index (χ1n) is 6.52. The second-order valence-corrected chi connectivity index (χ2v) is 4.69. The number of hydrogen-bond acceptors (Lipinski definition) is 4. The highest BCUT2D eigenvalue weighted by molar-refractivity contribution is 6.30. The Bertz CT molecular complexity index is 385. The fourth-order valence-electron chi connectivity index (χ4n) is 1.69. The molecule has 0 saturated carbocycles. The van der Waals surface area contributed by atoms with Crippen molar-refractivity contribution in [2.75, 3.05) is 26.9 Å². The predicted molar refractivity (Wildman–Crippen MR) is 77.1 cm³/mol. The van der Waals surface area contributed by atoms with Crippen molar-refractivity contribution in [1.82, 2.24) is 5.32 Å². The molecule has 0 aliphatic rings. The molecule has 108 valence electrons. The van der Waals surface area contributed by atoms with Gasteiger partial charge >= 0.3 is 0 Å². The molecule has 0 saturated heterocycles. The van der Waals surface area contributed by atoms with Crippen LogP contribution < -0.4 is 10.1 Å². The summed E-state index contributed by atoms with van der Waals surface area (Å²) in [5.74, 6) is 0.539. The van der Waals surface area contributed by atoms with Crippen LogP contribution in [0.3, 0.4) is 0 Å². The zero-order valence-electron chi connectivity index (χ0n) is 11.5. The molecule has 1 rings (SSSR count). The molecule has 0 aliphatic carbocycles. The average molecular weight is 288 g/mol. The van der Waals surface area contributed by atoms with Gasteiger partial charge in [0, 0.05) is 36.4 Å². The topological polar surface area (TPSA) is 50.7 Å². The van der Waals surface area contributed by atoms with Gasteiger partial charge in [0.25, 0.3) is 0 Å². The highest BCUT2D eigenvalue weighted by atomic mass is 35.5. The average Bonchev–Trinajstić information content (AvgIpc) is 2.41. The molecule has 0 spiro atoms. The molecule has 0 amide bonds. The van der Waals surface area contributed by atoms with Crippen molar-refractivity contribution in [2.45, 2.75) is 26.3 Å². The Morgan fingerprint density at radius 2 is 2.11 bits per heavy atom. The van der Waals surface area contributed by atoms with E-state index in [-0.39, 0.29) is 5.75 Å². The lowest BCUT2D eigenvalue weighted by atomic mass is 10.2. The minimum atomic E-state index is 0.140. The molecule has 19 heavy (non-hydrogen) atoms. The molecule has 0 fully saturated rings. The third-order valence-electron chi connectivity index (χ3n) is 2.64. The van der Waals surface area contributed by atoms with E-state index in [4.69, 9.17) is 21.1 Å². The first kappa shape index (κ1) is 16.1. The molecular formula is C14H22ClNO3. The van der Waals surface area contributed by atoms with Gasteiger partial charge in [-0.3, -0.25) is 0 Å². The van der Waals surface area contributed by atoms with Crippen LogP contribution in [-0.2, 0) is 11.3 Å². The largest absolute Gasteiger partial charge is 0.504 e. The van der Waals surface area contributed by atoms with Crippen LogP contribution in [0, 0.1) is 0 Å². The fraction of sp³-hybridized carbons (Fsp3) is 0.571. The van der Waals surface area contributed by atoms with E-state index in [0.29, 0.717) is 17.3 Å². The molecular weight excluding hydrogens is 266 g/mol. The molecule has 0 aliphatic heterocycles. The summed E-state index contributed by atoms with van der Waals surface area (Å²) >= 11 is 5.96. The number of methoxy groups -OCH3 is 1. The minimum Gasteiger partial charge on any atom is -0.504 e. The molecule has 2 N–H and O–H groups in total. The number of halogens is 1. The normalized spacial score (nSPS) is 10.7. The highest BCUT2D eigenvalue weighted by Gasteiger charge is 2.09. The summed E-state index contributed by atoms with van der Waals surface area (Å²) in [5, 5.41) is 13.7. The van der Waals surface area contributed by atoms with Crippen LogP contribution in [0.2, 0.25) is 5.02 Å². The van der Waals surface area contributed by atoms with Gasteiger partial charge in [0.1, 0.15) is 0 Å². The molecule has 0 heterocycles. The number of hydrogen-bond donors (Lipinski definition) is 2. The van der Waals surface area contributed by atoms with Gasteiger partial charge < -0.3 is 19.9 Å². The van der Waals surface area contributed by atoms with Crippen molar-refractivity contribution in [3.05, 3.63) is 22.7 Å². The number of benzene rings is 1. The fourth-order valence-corrected chi connectivity index (χ4v) is 1.92. The molecule has 0 aromatic heterocycles. The van der Waals surface area contributed by atoms with Gasteiger partial charge in [-0.1, -0.05) is 18.5 Å². The molecule has 0 unspecified atom stereocenters. The number of ether oxygens (including phenoxy) is 2. The molecule has 4 nitrogen and oxygen atoms in total. The van der Waals surface area contributed by atoms with Crippen LogP contribution >= 0.6 is 11.6 Å². The van der Waals surface area contributed by atoms with Gasteiger partial charge in [-0.25, -0.2) is 0 Å². The first-order valence-corrected chi connectivity index (χ1v) is 6.90. The minimum absolute atomic E-state index is 0.140. The van der Waals surface area contributed by atoms with Crippen molar-refractivity contribution in [1.29, 1.82) is 0 Å². The number of aromatic hydroxyl groups is 1. The molecule has 1 aromatic rings. The molecule has 5 heteroatoms. The summed E-state index contributed by atoms with van der Waals surface area (Å²) in [4.78, 5) is 0. The smallest absolute Gasteiger partial charge is 0.162 e. The number of phenolic OH excluding ortho intramolecular Hbond substituents is 1. The van der Waals surface area contributed by atoms with Crippen LogP contribution in [0.15, 0.2) is 12.1 Å². The second-order valence-electron chi connectivity index (χ2n) is 4.26. The molecule has 1 aromatic carbocycles. The van der Waals surface area contributed by atoms with E-state index in [9.17, 15) is 5.11 Å². The van der Waals surface area contributed by atoms with Crippen LogP contribution in [0.25, 0.3) is 0 Å². The van der Waals surface area contributed by atoms with Crippen molar-refractivity contribution in [3.63, 3.8) is 0 Å². The monoisotopic (exact) mass is 287 g/mol. The SMILES string of the molecule is CCCOCCCNCc1cc(Cl)cc(OC)c1O. The Morgan fingerprint density at radius 1 is 1.32 bits per heavy atom. The van der Waals surface area contributed by atoms with Crippen LogP contribution in [0.5, 0.6) is 11.5 Å². The Labute approximate surface area is 119 Å². The van der Waals surface area contributed by atoms with Crippen LogP contribution in [-0.4, -0.2) is 32.0 Å². The van der Waals surface area contributed by atoms with Crippen molar-refractivity contribution >= 4 is 11.6 Å². The Balaban J connectivity index is 2.35. The maximum absolute atomic E-state index is 9.94. The predicted octanol–water partition coefficient (Wildman–Crippen LogP) is 2.96. The van der Waals surface area contributed by atoms with E-state index >= 15 is 0 Å². The number of rotatable bonds is 9. The van der Waals surface area contributed by atoms with Gasteiger partial charge in [0.05, 0.1) is 7.11 Å². The zero-order valence-corrected chi connectivity index (χ0v) is 12.3. The van der Waals surface area contributed by atoms with E-state index in [1.165, 1.54) is 7.11 Å². The quantitative estimate of drug-likeness (QED) is 0.686. The lowest BCUT2D eigenvalue weighted by Gasteiger charge is -2.11. The van der Waals surface area contributed by atoms with Gasteiger partial charge in [-0.2, -0.15) is 0 Å². The van der Waals surface area contributed by atoms with Gasteiger partial charge in [0.15, 0.2) is 11.5 Å². The number of nitrogens with one attached hydrogen (secondary N) is 1.